The van der Waals surface area contributed by atoms with Crippen molar-refractivity contribution in [2.24, 2.45) is 0 Å². The van der Waals surface area contributed by atoms with Crippen LogP contribution in [0.4, 0.5) is 0 Å². The maximum Gasteiger partial charge on any atom is 0.267 e. The minimum Gasteiger partial charge on any atom is -0.355 e. The van der Waals surface area contributed by atoms with E-state index in [0.717, 1.165) is 16.1 Å². The summed E-state index contributed by atoms with van der Waals surface area (Å²) < 4.78 is 2.78. The second-order valence-electron chi connectivity index (χ2n) is 4.48. The number of amides is 1. The van der Waals surface area contributed by atoms with E-state index in [1.165, 1.54) is 6.07 Å². The van der Waals surface area contributed by atoms with Gasteiger partial charge in [0, 0.05) is 18.3 Å². The highest BCUT2D eigenvalue weighted by Crippen LogP contribution is 2.07. The summed E-state index contributed by atoms with van der Waals surface area (Å²) >= 11 is 0. The van der Waals surface area contributed by atoms with E-state index in [1.807, 2.05) is 26.8 Å². The molecule has 0 aliphatic heterocycles. The number of aryl methyl sites for hydroxylation is 2. The Hall–Kier alpha value is -2.44. The summed E-state index contributed by atoms with van der Waals surface area (Å²) in [6, 6.07) is 4.90. The lowest BCUT2D eigenvalue weighted by Gasteiger charge is -2.08. The van der Waals surface area contributed by atoms with Gasteiger partial charge in [-0.3, -0.25) is 9.59 Å². The van der Waals surface area contributed by atoms with E-state index < -0.39 is 0 Å². The summed E-state index contributed by atoms with van der Waals surface area (Å²) in [7, 11) is 0. The molecule has 7 nitrogen and oxygen atoms in total. The SMILES string of the molecule is CCNC(=O)Cn1nc(-n2nc(C)cc2C)ccc1=O. The van der Waals surface area contributed by atoms with Crippen LogP contribution in [-0.4, -0.2) is 32.0 Å². The third-order valence-corrected chi connectivity index (χ3v) is 2.75. The summed E-state index contributed by atoms with van der Waals surface area (Å²) in [4.78, 5) is 23.3. The summed E-state index contributed by atoms with van der Waals surface area (Å²) in [5.74, 6) is 0.270. The van der Waals surface area contributed by atoms with Gasteiger partial charge in [-0.25, -0.2) is 9.36 Å². The topological polar surface area (TPSA) is 81.8 Å². The largest absolute Gasteiger partial charge is 0.355 e. The van der Waals surface area contributed by atoms with Crippen molar-refractivity contribution in [3.05, 3.63) is 39.9 Å². The number of nitrogens with one attached hydrogen (secondary N) is 1. The van der Waals surface area contributed by atoms with Gasteiger partial charge < -0.3 is 5.32 Å². The predicted octanol–water partition coefficient (Wildman–Crippen LogP) is 0.182. The summed E-state index contributed by atoms with van der Waals surface area (Å²) in [6.07, 6.45) is 0. The van der Waals surface area contributed by atoms with Gasteiger partial charge in [-0.2, -0.15) is 5.10 Å². The third-order valence-electron chi connectivity index (χ3n) is 2.75. The Morgan fingerprint density at radius 3 is 2.65 bits per heavy atom. The van der Waals surface area contributed by atoms with E-state index in [1.54, 1.807) is 10.7 Å². The molecule has 0 bridgehead atoms. The Morgan fingerprint density at radius 2 is 2.05 bits per heavy atom. The second kappa shape index (κ2) is 5.68. The van der Waals surface area contributed by atoms with Crippen LogP contribution in [0.2, 0.25) is 0 Å². The van der Waals surface area contributed by atoms with Crippen LogP contribution < -0.4 is 10.9 Å². The summed E-state index contributed by atoms with van der Waals surface area (Å²) in [5.41, 5.74) is 1.46. The molecule has 2 aromatic heterocycles. The standard InChI is InChI=1S/C13H17N5O2/c1-4-14-12(19)8-17-13(20)6-5-11(16-17)18-10(3)7-9(2)15-18/h5-7H,4,8H2,1-3H3,(H,14,19). The van der Waals surface area contributed by atoms with E-state index in [0.29, 0.717) is 12.4 Å². The Bertz CT molecular complexity index is 686. The molecule has 0 atom stereocenters. The first kappa shape index (κ1) is 14.0. The van der Waals surface area contributed by atoms with E-state index in [-0.39, 0.29) is 18.0 Å². The van der Waals surface area contributed by atoms with Crippen LogP contribution in [0.25, 0.3) is 5.82 Å². The number of carbonyl (C=O) groups excluding carboxylic acids is 1. The van der Waals surface area contributed by atoms with Crippen molar-refractivity contribution in [1.29, 1.82) is 0 Å². The van der Waals surface area contributed by atoms with Crippen molar-refractivity contribution in [3.63, 3.8) is 0 Å². The van der Waals surface area contributed by atoms with Gasteiger partial charge in [0.25, 0.3) is 5.56 Å². The molecule has 0 saturated carbocycles. The van der Waals surface area contributed by atoms with E-state index in [4.69, 9.17) is 0 Å². The maximum atomic E-state index is 11.7. The van der Waals surface area contributed by atoms with Crippen molar-refractivity contribution >= 4 is 5.91 Å². The summed E-state index contributed by atoms with van der Waals surface area (Å²) in [5, 5.41) is 11.1. The molecular formula is C13H17N5O2. The van der Waals surface area contributed by atoms with Crippen LogP contribution in [0.1, 0.15) is 18.3 Å². The third kappa shape index (κ3) is 2.93. The first-order chi connectivity index (χ1) is 9.51. The van der Waals surface area contributed by atoms with Crippen molar-refractivity contribution in [2.45, 2.75) is 27.3 Å². The average Bonchev–Trinajstić information content (AvgIpc) is 2.71. The number of likely N-dealkylation sites (N-methyl/N-ethyl adjacent to an activating group) is 1. The van der Waals surface area contributed by atoms with Gasteiger partial charge in [0.1, 0.15) is 6.54 Å². The van der Waals surface area contributed by atoms with Gasteiger partial charge in [0.05, 0.1) is 5.69 Å². The molecule has 0 unspecified atom stereocenters. The molecule has 0 fully saturated rings. The van der Waals surface area contributed by atoms with Gasteiger partial charge in [-0.15, -0.1) is 5.10 Å². The highest BCUT2D eigenvalue weighted by molar-refractivity contribution is 5.75. The fourth-order valence-corrected chi connectivity index (χ4v) is 1.91. The van der Waals surface area contributed by atoms with E-state index >= 15 is 0 Å². The molecule has 0 aromatic carbocycles. The average molecular weight is 275 g/mol. The molecule has 0 saturated heterocycles. The van der Waals surface area contributed by atoms with E-state index in [2.05, 4.69) is 15.5 Å². The van der Waals surface area contributed by atoms with Crippen molar-refractivity contribution in [2.75, 3.05) is 6.54 Å². The molecule has 1 amide bonds. The Morgan fingerprint density at radius 1 is 1.30 bits per heavy atom. The zero-order chi connectivity index (χ0) is 14.7. The number of hydrogen-bond acceptors (Lipinski definition) is 4. The van der Waals surface area contributed by atoms with Gasteiger partial charge >= 0.3 is 0 Å². The molecule has 20 heavy (non-hydrogen) atoms. The number of nitrogens with zero attached hydrogens (tertiary/aromatic N) is 4. The monoisotopic (exact) mass is 275 g/mol. The maximum absolute atomic E-state index is 11.7. The lowest BCUT2D eigenvalue weighted by atomic mass is 10.4. The minimum atomic E-state index is -0.318. The molecule has 0 radical (unpaired) electrons. The van der Waals surface area contributed by atoms with Crippen LogP contribution in [0.15, 0.2) is 23.0 Å². The smallest absolute Gasteiger partial charge is 0.267 e. The zero-order valence-corrected chi connectivity index (χ0v) is 11.8. The molecule has 106 valence electrons. The Balaban J connectivity index is 2.36. The van der Waals surface area contributed by atoms with Crippen LogP contribution >= 0.6 is 0 Å². The fraction of sp³-hybridized carbons (Fsp3) is 0.385. The normalized spacial score (nSPS) is 10.6. The molecule has 1 N–H and O–H groups in total. The quantitative estimate of drug-likeness (QED) is 0.863. The van der Waals surface area contributed by atoms with Crippen molar-refractivity contribution in [1.82, 2.24) is 24.9 Å². The van der Waals surface area contributed by atoms with Gasteiger partial charge in [0.15, 0.2) is 5.82 Å². The second-order valence-corrected chi connectivity index (χ2v) is 4.48. The number of rotatable bonds is 4. The van der Waals surface area contributed by atoms with Gasteiger partial charge in [0.2, 0.25) is 5.91 Å². The number of aromatic nitrogens is 4. The fourth-order valence-electron chi connectivity index (χ4n) is 1.91. The molecule has 2 aromatic rings. The van der Waals surface area contributed by atoms with Crippen LogP contribution in [0.3, 0.4) is 0 Å². The zero-order valence-electron chi connectivity index (χ0n) is 11.8. The first-order valence-electron chi connectivity index (χ1n) is 6.39. The molecule has 0 aliphatic rings. The number of hydrogen-bond donors (Lipinski definition) is 1. The molecule has 0 spiro atoms. The molecule has 0 aliphatic carbocycles. The van der Waals surface area contributed by atoms with Crippen molar-refractivity contribution in [3.8, 4) is 5.82 Å². The molecular weight excluding hydrogens is 258 g/mol. The Kier molecular flexibility index (Phi) is 3.97. The van der Waals surface area contributed by atoms with Crippen LogP contribution in [0, 0.1) is 13.8 Å². The molecule has 7 heteroatoms. The lowest BCUT2D eigenvalue weighted by Crippen LogP contribution is -2.33. The van der Waals surface area contributed by atoms with Gasteiger partial charge in [-0.05, 0) is 32.9 Å². The summed E-state index contributed by atoms with van der Waals surface area (Å²) in [6.45, 7) is 6.03. The van der Waals surface area contributed by atoms with Gasteiger partial charge in [-0.1, -0.05) is 0 Å². The molecule has 2 rings (SSSR count). The van der Waals surface area contributed by atoms with E-state index in [9.17, 15) is 9.59 Å². The van der Waals surface area contributed by atoms with Crippen molar-refractivity contribution < 1.29 is 4.79 Å². The highest BCUT2D eigenvalue weighted by Gasteiger charge is 2.09. The lowest BCUT2D eigenvalue weighted by molar-refractivity contribution is -0.121. The Labute approximate surface area is 116 Å². The first-order valence-corrected chi connectivity index (χ1v) is 6.39. The van der Waals surface area contributed by atoms with Crippen LogP contribution in [0.5, 0.6) is 0 Å². The predicted molar refractivity (Wildman–Crippen MR) is 73.8 cm³/mol. The number of carbonyl (C=O) groups is 1. The molecule has 2 heterocycles. The minimum absolute atomic E-state index is 0.0974. The highest BCUT2D eigenvalue weighted by atomic mass is 16.2. The van der Waals surface area contributed by atoms with Crippen LogP contribution in [-0.2, 0) is 11.3 Å².